The number of hydrogen-bond donors (Lipinski definition) is 3. The second-order valence-corrected chi connectivity index (χ2v) is 5.71. The number of hydrogen-bond acceptors (Lipinski definition) is 4. The minimum absolute atomic E-state index is 0. The SMILES string of the molecule is CN=C(NCC1CCCO1)NCC1(CO)CCOCC1.I. The van der Waals surface area contributed by atoms with Gasteiger partial charge in [0.25, 0.3) is 0 Å². The molecule has 0 aliphatic carbocycles. The number of guanidine groups is 1. The van der Waals surface area contributed by atoms with Crippen LogP contribution in [0.15, 0.2) is 4.99 Å². The van der Waals surface area contributed by atoms with Crippen LogP contribution in [0.4, 0.5) is 0 Å². The summed E-state index contributed by atoms with van der Waals surface area (Å²) in [6.45, 7) is 4.01. The van der Waals surface area contributed by atoms with Crippen LogP contribution >= 0.6 is 24.0 Å². The fraction of sp³-hybridized carbons (Fsp3) is 0.929. The van der Waals surface area contributed by atoms with Crippen LogP contribution in [-0.4, -0.2) is 63.7 Å². The van der Waals surface area contributed by atoms with Gasteiger partial charge in [0.1, 0.15) is 0 Å². The minimum Gasteiger partial charge on any atom is -0.396 e. The third kappa shape index (κ3) is 5.88. The summed E-state index contributed by atoms with van der Waals surface area (Å²) >= 11 is 0. The standard InChI is InChI=1S/C14H27N3O3.HI/c1-15-13(16-9-12-3-2-6-20-12)17-10-14(11-18)4-7-19-8-5-14;/h12,18H,2-11H2,1H3,(H2,15,16,17);1H. The van der Waals surface area contributed by atoms with Crippen molar-refractivity contribution in [3.8, 4) is 0 Å². The van der Waals surface area contributed by atoms with Gasteiger partial charge in [-0.1, -0.05) is 0 Å². The van der Waals surface area contributed by atoms with Crippen LogP contribution < -0.4 is 10.6 Å². The van der Waals surface area contributed by atoms with Crippen LogP contribution in [0.3, 0.4) is 0 Å². The molecule has 1 atom stereocenters. The Hall–Kier alpha value is -0.120. The van der Waals surface area contributed by atoms with Crippen molar-refractivity contribution in [3.63, 3.8) is 0 Å². The average Bonchev–Trinajstić information content (AvgIpc) is 3.02. The first-order valence-electron chi connectivity index (χ1n) is 7.53. The Balaban J connectivity index is 0.00000220. The van der Waals surface area contributed by atoms with Crippen LogP contribution in [-0.2, 0) is 9.47 Å². The van der Waals surface area contributed by atoms with Crippen molar-refractivity contribution in [2.75, 3.05) is 46.6 Å². The highest BCUT2D eigenvalue weighted by atomic mass is 127. The van der Waals surface area contributed by atoms with Gasteiger partial charge in [0.15, 0.2) is 5.96 Å². The van der Waals surface area contributed by atoms with Gasteiger partial charge >= 0.3 is 0 Å². The van der Waals surface area contributed by atoms with Gasteiger partial charge in [-0.15, -0.1) is 24.0 Å². The second kappa shape index (κ2) is 9.81. The van der Waals surface area contributed by atoms with Crippen molar-refractivity contribution in [1.82, 2.24) is 10.6 Å². The molecular formula is C14H28IN3O3. The fourth-order valence-corrected chi connectivity index (χ4v) is 2.70. The predicted molar refractivity (Wildman–Crippen MR) is 93.3 cm³/mol. The molecule has 0 aromatic rings. The Kier molecular flexibility index (Phi) is 8.84. The molecule has 0 radical (unpaired) electrons. The normalized spacial score (nSPS) is 25.2. The zero-order valence-electron chi connectivity index (χ0n) is 12.8. The number of aliphatic hydroxyl groups excluding tert-OH is 1. The van der Waals surface area contributed by atoms with Gasteiger partial charge in [0, 0.05) is 45.4 Å². The second-order valence-electron chi connectivity index (χ2n) is 5.71. The van der Waals surface area contributed by atoms with E-state index in [9.17, 15) is 5.11 Å². The van der Waals surface area contributed by atoms with Gasteiger partial charge in [-0.3, -0.25) is 4.99 Å². The molecule has 0 aromatic heterocycles. The molecule has 2 rings (SSSR count). The maximum absolute atomic E-state index is 9.65. The summed E-state index contributed by atoms with van der Waals surface area (Å²) in [6.07, 6.45) is 4.33. The molecule has 7 heteroatoms. The van der Waals surface area contributed by atoms with Crippen LogP contribution in [0.1, 0.15) is 25.7 Å². The zero-order chi connectivity index (χ0) is 14.3. The molecule has 2 aliphatic rings. The van der Waals surface area contributed by atoms with E-state index in [1.807, 2.05) is 0 Å². The lowest BCUT2D eigenvalue weighted by atomic mass is 9.81. The molecule has 2 aliphatic heterocycles. The first kappa shape index (κ1) is 18.9. The molecule has 21 heavy (non-hydrogen) atoms. The first-order valence-corrected chi connectivity index (χ1v) is 7.53. The molecule has 0 saturated carbocycles. The average molecular weight is 413 g/mol. The van der Waals surface area contributed by atoms with E-state index in [2.05, 4.69) is 15.6 Å². The largest absolute Gasteiger partial charge is 0.396 e. The topological polar surface area (TPSA) is 75.1 Å². The summed E-state index contributed by atoms with van der Waals surface area (Å²) in [5, 5.41) is 16.3. The molecule has 0 bridgehead atoms. The van der Waals surface area contributed by atoms with Gasteiger partial charge in [0.05, 0.1) is 12.7 Å². The molecule has 0 aromatic carbocycles. The van der Waals surface area contributed by atoms with Crippen molar-refractivity contribution in [2.24, 2.45) is 10.4 Å². The summed E-state index contributed by atoms with van der Waals surface area (Å²) in [6, 6.07) is 0. The van der Waals surface area contributed by atoms with Gasteiger partial charge in [-0.25, -0.2) is 0 Å². The number of halogens is 1. The Labute approximate surface area is 144 Å². The van der Waals surface area contributed by atoms with Crippen LogP contribution in [0, 0.1) is 5.41 Å². The Morgan fingerprint density at radius 3 is 2.62 bits per heavy atom. The van der Waals surface area contributed by atoms with Crippen molar-refractivity contribution in [1.29, 1.82) is 0 Å². The van der Waals surface area contributed by atoms with Gasteiger partial charge in [0.2, 0.25) is 0 Å². The van der Waals surface area contributed by atoms with Gasteiger partial charge < -0.3 is 25.2 Å². The highest BCUT2D eigenvalue weighted by molar-refractivity contribution is 14.0. The van der Waals surface area contributed by atoms with E-state index in [-0.39, 0.29) is 36.0 Å². The fourth-order valence-electron chi connectivity index (χ4n) is 2.70. The quantitative estimate of drug-likeness (QED) is 0.352. The number of ether oxygens (including phenoxy) is 2. The molecule has 3 N–H and O–H groups in total. The molecule has 1 unspecified atom stereocenters. The molecular weight excluding hydrogens is 385 g/mol. The molecule has 2 heterocycles. The van der Waals surface area contributed by atoms with Crippen molar-refractivity contribution in [2.45, 2.75) is 31.8 Å². The highest BCUT2D eigenvalue weighted by Crippen LogP contribution is 2.28. The summed E-state index contributed by atoms with van der Waals surface area (Å²) in [7, 11) is 1.76. The third-order valence-electron chi connectivity index (χ3n) is 4.26. The summed E-state index contributed by atoms with van der Waals surface area (Å²) in [5.74, 6) is 0.778. The van der Waals surface area contributed by atoms with E-state index in [1.54, 1.807) is 7.05 Å². The van der Waals surface area contributed by atoms with Crippen LogP contribution in [0.2, 0.25) is 0 Å². The maximum atomic E-state index is 9.65. The molecule has 0 amide bonds. The Bertz CT molecular complexity index is 317. The first-order chi connectivity index (χ1) is 9.78. The van der Waals surface area contributed by atoms with E-state index in [0.717, 1.165) is 64.6 Å². The molecule has 0 spiro atoms. The molecule has 2 saturated heterocycles. The number of aliphatic hydroxyl groups is 1. The summed E-state index contributed by atoms with van der Waals surface area (Å²) in [4.78, 5) is 4.22. The van der Waals surface area contributed by atoms with Crippen molar-refractivity contribution >= 4 is 29.9 Å². The molecule has 2 fully saturated rings. The van der Waals surface area contributed by atoms with E-state index in [4.69, 9.17) is 9.47 Å². The van der Waals surface area contributed by atoms with Crippen molar-refractivity contribution < 1.29 is 14.6 Å². The summed E-state index contributed by atoms with van der Waals surface area (Å²) in [5.41, 5.74) is -0.0836. The molecule has 124 valence electrons. The maximum Gasteiger partial charge on any atom is 0.191 e. The lowest BCUT2D eigenvalue weighted by molar-refractivity contribution is -0.0132. The monoisotopic (exact) mass is 413 g/mol. The predicted octanol–water partition coefficient (Wildman–Crippen LogP) is 0.737. The van der Waals surface area contributed by atoms with Gasteiger partial charge in [-0.2, -0.15) is 0 Å². The van der Waals surface area contributed by atoms with E-state index >= 15 is 0 Å². The lowest BCUT2D eigenvalue weighted by Gasteiger charge is -2.36. The molecule has 6 nitrogen and oxygen atoms in total. The number of nitrogens with zero attached hydrogens (tertiary/aromatic N) is 1. The summed E-state index contributed by atoms with van der Waals surface area (Å²) < 4.78 is 11.0. The third-order valence-corrected chi connectivity index (χ3v) is 4.26. The van der Waals surface area contributed by atoms with Crippen LogP contribution in [0.5, 0.6) is 0 Å². The van der Waals surface area contributed by atoms with Crippen LogP contribution in [0.25, 0.3) is 0 Å². The Morgan fingerprint density at radius 1 is 1.29 bits per heavy atom. The number of nitrogens with one attached hydrogen (secondary N) is 2. The van der Waals surface area contributed by atoms with E-state index in [1.165, 1.54) is 0 Å². The number of rotatable bonds is 5. The zero-order valence-corrected chi connectivity index (χ0v) is 15.1. The Morgan fingerprint density at radius 2 is 2.05 bits per heavy atom. The van der Waals surface area contributed by atoms with Gasteiger partial charge in [-0.05, 0) is 25.7 Å². The minimum atomic E-state index is -0.0836. The smallest absolute Gasteiger partial charge is 0.191 e. The van der Waals surface area contributed by atoms with E-state index < -0.39 is 0 Å². The van der Waals surface area contributed by atoms with Crippen molar-refractivity contribution in [3.05, 3.63) is 0 Å². The highest BCUT2D eigenvalue weighted by Gasteiger charge is 2.32. The lowest BCUT2D eigenvalue weighted by Crippen LogP contribution is -2.48. The number of aliphatic imine (C=N–C) groups is 1. The van der Waals surface area contributed by atoms with E-state index in [0.29, 0.717) is 6.10 Å².